The van der Waals surface area contributed by atoms with Gasteiger partial charge >= 0.3 is 0 Å². The van der Waals surface area contributed by atoms with Gasteiger partial charge in [0.15, 0.2) is 0 Å². The normalized spacial score (nSPS) is 13.3. The van der Waals surface area contributed by atoms with Crippen LogP contribution in [0.2, 0.25) is 0 Å². The van der Waals surface area contributed by atoms with E-state index in [1.807, 2.05) is 91.0 Å². The van der Waals surface area contributed by atoms with E-state index in [1.165, 1.54) is 0 Å². The summed E-state index contributed by atoms with van der Waals surface area (Å²) in [5, 5.41) is 14.7. The van der Waals surface area contributed by atoms with E-state index in [9.17, 15) is 9.90 Å². The van der Waals surface area contributed by atoms with E-state index in [2.05, 4.69) is 5.32 Å². The zero-order chi connectivity index (χ0) is 21.0. The number of hydrogen-bond acceptors (Lipinski definition) is 3. The predicted octanol–water partition coefficient (Wildman–Crippen LogP) is 4.98. The average molecular weight is 399 g/mol. The Balaban J connectivity index is 1.47. The van der Waals surface area contributed by atoms with Gasteiger partial charge in [-0.3, -0.25) is 4.79 Å². The summed E-state index contributed by atoms with van der Waals surface area (Å²) in [4.78, 5) is 12.8. The molecule has 0 aliphatic rings. The Morgan fingerprint density at radius 1 is 0.933 bits per heavy atom. The molecule has 4 aromatic rings. The van der Waals surface area contributed by atoms with Crippen molar-refractivity contribution in [1.82, 2.24) is 5.32 Å². The fraction of sp³-hybridized carbons (Fsp3) is 0.192. The van der Waals surface area contributed by atoms with Gasteiger partial charge in [-0.25, -0.2) is 0 Å². The molecule has 0 saturated carbocycles. The lowest BCUT2D eigenvalue weighted by molar-refractivity contribution is -0.122. The SMILES string of the molecule is CC(O)(CNC(=O)CC(c1ccccc1)c1ccccc1)c1cc2ccccc2o1. The molecule has 0 radical (unpaired) electrons. The number of aliphatic hydroxyl groups is 1. The third-order valence-electron chi connectivity index (χ3n) is 5.38. The van der Waals surface area contributed by atoms with E-state index in [0.29, 0.717) is 17.8 Å². The summed E-state index contributed by atoms with van der Waals surface area (Å²) >= 11 is 0. The first-order valence-electron chi connectivity index (χ1n) is 10.1. The second-order valence-electron chi connectivity index (χ2n) is 7.78. The molecular formula is C26H25NO3. The lowest BCUT2D eigenvalue weighted by atomic mass is 9.88. The molecular weight excluding hydrogens is 374 g/mol. The van der Waals surface area contributed by atoms with Gasteiger partial charge in [0.2, 0.25) is 5.91 Å². The molecule has 4 rings (SSSR count). The number of carbonyl (C=O) groups is 1. The van der Waals surface area contributed by atoms with Crippen LogP contribution in [0, 0.1) is 0 Å². The van der Waals surface area contributed by atoms with Crippen molar-refractivity contribution >= 4 is 16.9 Å². The topological polar surface area (TPSA) is 62.5 Å². The summed E-state index contributed by atoms with van der Waals surface area (Å²) in [6.07, 6.45) is 0.296. The number of amides is 1. The minimum Gasteiger partial charge on any atom is -0.458 e. The summed E-state index contributed by atoms with van der Waals surface area (Å²) in [5.74, 6) is 0.263. The van der Waals surface area contributed by atoms with Crippen LogP contribution in [-0.4, -0.2) is 17.6 Å². The van der Waals surface area contributed by atoms with E-state index < -0.39 is 5.60 Å². The highest BCUT2D eigenvalue weighted by molar-refractivity contribution is 5.79. The maximum atomic E-state index is 12.8. The van der Waals surface area contributed by atoms with Gasteiger partial charge in [-0.2, -0.15) is 0 Å². The number of carbonyl (C=O) groups excluding carboxylic acids is 1. The van der Waals surface area contributed by atoms with Crippen molar-refractivity contribution in [2.75, 3.05) is 6.54 Å². The molecule has 0 saturated heterocycles. The van der Waals surface area contributed by atoms with Crippen LogP contribution >= 0.6 is 0 Å². The highest BCUT2D eigenvalue weighted by Crippen LogP contribution is 2.29. The number of furan rings is 1. The lowest BCUT2D eigenvalue weighted by Crippen LogP contribution is -2.38. The van der Waals surface area contributed by atoms with Gasteiger partial charge in [0.25, 0.3) is 0 Å². The molecule has 152 valence electrons. The Kier molecular flexibility index (Phi) is 5.68. The van der Waals surface area contributed by atoms with Crippen LogP contribution in [0.4, 0.5) is 0 Å². The van der Waals surface area contributed by atoms with Crippen molar-refractivity contribution in [3.8, 4) is 0 Å². The monoisotopic (exact) mass is 399 g/mol. The molecule has 0 aliphatic heterocycles. The predicted molar refractivity (Wildman–Crippen MR) is 118 cm³/mol. The summed E-state index contributed by atoms with van der Waals surface area (Å²) in [5.41, 5.74) is 1.59. The van der Waals surface area contributed by atoms with E-state index >= 15 is 0 Å². The lowest BCUT2D eigenvalue weighted by Gasteiger charge is -2.23. The zero-order valence-electron chi connectivity index (χ0n) is 16.9. The van der Waals surface area contributed by atoms with Crippen LogP contribution in [0.5, 0.6) is 0 Å². The first kappa shape index (κ1) is 19.9. The van der Waals surface area contributed by atoms with Gasteiger partial charge in [-0.15, -0.1) is 0 Å². The third kappa shape index (κ3) is 4.44. The standard InChI is InChI=1S/C26H25NO3/c1-26(29,24-16-21-14-8-9-15-23(21)30-24)18-27-25(28)17-22(19-10-4-2-5-11-19)20-12-6-3-7-13-20/h2-16,22,29H,17-18H2,1H3,(H,27,28). The van der Waals surface area contributed by atoms with Gasteiger partial charge in [-0.1, -0.05) is 78.9 Å². The van der Waals surface area contributed by atoms with Crippen molar-refractivity contribution in [1.29, 1.82) is 0 Å². The van der Waals surface area contributed by atoms with Crippen LogP contribution in [-0.2, 0) is 10.4 Å². The minimum atomic E-state index is -1.30. The van der Waals surface area contributed by atoms with E-state index in [4.69, 9.17) is 4.42 Å². The van der Waals surface area contributed by atoms with Crippen molar-refractivity contribution in [2.24, 2.45) is 0 Å². The second-order valence-corrected chi connectivity index (χ2v) is 7.78. The maximum Gasteiger partial charge on any atom is 0.221 e. The third-order valence-corrected chi connectivity index (χ3v) is 5.38. The van der Waals surface area contributed by atoms with Gasteiger partial charge in [0, 0.05) is 17.7 Å². The number of hydrogen-bond donors (Lipinski definition) is 2. The second kappa shape index (κ2) is 8.56. The largest absolute Gasteiger partial charge is 0.458 e. The Morgan fingerprint density at radius 2 is 1.50 bits per heavy atom. The smallest absolute Gasteiger partial charge is 0.221 e. The van der Waals surface area contributed by atoms with Gasteiger partial charge in [0.05, 0.1) is 6.54 Å². The van der Waals surface area contributed by atoms with E-state index in [0.717, 1.165) is 16.5 Å². The summed E-state index contributed by atoms with van der Waals surface area (Å²) in [6, 6.07) is 29.4. The molecule has 4 heteroatoms. The molecule has 0 fully saturated rings. The Labute approximate surface area is 176 Å². The Bertz CT molecular complexity index is 1040. The van der Waals surface area contributed by atoms with Crippen molar-refractivity contribution in [2.45, 2.75) is 24.9 Å². The fourth-order valence-corrected chi connectivity index (χ4v) is 3.66. The maximum absolute atomic E-state index is 12.8. The molecule has 1 unspecified atom stereocenters. The number of nitrogens with one attached hydrogen (secondary N) is 1. The number of fused-ring (bicyclic) bond motifs is 1. The van der Waals surface area contributed by atoms with Gasteiger partial charge in [0.1, 0.15) is 16.9 Å². The number of benzene rings is 3. The number of rotatable bonds is 7. The molecule has 4 nitrogen and oxygen atoms in total. The van der Waals surface area contributed by atoms with Crippen LogP contribution in [0.15, 0.2) is 95.4 Å². The summed E-state index contributed by atoms with van der Waals surface area (Å²) < 4.78 is 5.78. The first-order chi connectivity index (χ1) is 14.5. The van der Waals surface area contributed by atoms with Crippen molar-refractivity contribution in [3.63, 3.8) is 0 Å². The summed E-state index contributed by atoms with van der Waals surface area (Å²) in [6.45, 7) is 1.72. The molecule has 0 aliphatic carbocycles. The van der Waals surface area contributed by atoms with E-state index in [1.54, 1.807) is 6.92 Å². The molecule has 3 aromatic carbocycles. The zero-order valence-corrected chi connectivity index (χ0v) is 16.9. The van der Waals surface area contributed by atoms with E-state index in [-0.39, 0.29) is 18.4 Å². The number of para-hydroxylation sites is 1. The highest BCUT2D eigenvalue weighted by Gasteiger charge is 2.29. The molecule has 1 aromatic heterocycles. The van der Waals surface area contributed by atoms with Crippen molar-refractivity contribution < 1.29 is 14.3 Å². The summed E-state index contributed by atoms with van der Waals surface area (Å²) in [7, 11) is 0. The molecule has 0 bridgehead atoms. The van der Waals surface area contributed by atoms with Crippen LogP contribution in [0.3, 0.4) is 0 Å². The molecule has 1 atom stereocenters. The van der Waals surface area contributed by atoms with Crippen LogP contribution in [0.1, 0.15) is 36.1 Å². The first-order valence-corrected chi connectivity index (χ1v) is 10.1. The van der Waals surface area contributed by atoms with Gasteiger partial charge in [-0.05, 0) is 30.2 Å². The molecule has 2 N–H and O–H groups in total. The minimum absolute atomic E-state index is 0.0523. The molecule has 1 heterocycles. The Hall–Kier alpha value is -3.37. The average Bonchev–Trinajstić information content (AvgIpc) is 3.23. The van der Waals surface area contributed by atoms with Crippen molar-refractivity contribution in [3.05, 3.63) is 108 Å². The Morgan fingerprint density at radius 3 is 2.10 bits per heavy atom. The molecule has 1 amide bonds. The fourth-order valence-electron chi connectivity index (χ4n) is 3.66. The van der Waals surface area contributed by atoms with Crippen LogP contribution < -0.4 is 5.32 Å². The van der Waals surface area contributed by atoms with Crippen LogP contribution in [0.25, 0.3) is 11.0 Å². The molecule has 30 heavy (non-hydrogen) atoms. The molecule has 0 spiro atoms. The van der Waals surface area contributed by atoms with Gasteiger partial charge < -0.3 is 14.8 Å². The highest BCUT2D eigenvalue weighted by atomic mass is 16.4. The quantitative estimate of drug-likeness (QED) is 0.461.